The summed E-state index contributed by atoms with van der Waals surface area (Å²) in [5.41, 5.74) is 0.0211. The van der Waals surface area contributed by atoms with Gasteiger partial charge in [-0.05, 0) is 39.5 Å². The third-order valence-electron chi connectivity index (χ3n) is 4.74. The number of carbonyl (C=O) groups is 3. The maximum Gasteiger partial charge on any atom is 0.410 e. The van der Waals surface area contributed by atoms with Gasteiger partial charge in [0.1, 0.15) is 12.2 Å². The zero-order valence-electron chi connectivity index (χ0n) is 16.8. The number of carbonyl (C=O) groups excluding carboxylic acids is 3. The molecule has 1 aromatic carbocycles. The number of ether oxygens (including phenoxy) is 1. The lowest BCUT2D eigenvalue weighted by molar-refractivity contribution is -0.125. The Bertz CT molecular complexity index is 676. The molecule has 1 aromatic rings. The summed E-state index contributed by atoms with van der Waals surface area (Å²) >= 11 is 0. The second-order valence-electron chi connectivity index (χ2n) is 8.08. The number of likely N-dealkylation sites (tertiary alicyclic amines) is 1. The van der Waals surface area contributed by atoms with E-state index >= 15 is 0 Å². The van der Waals surface area contributed by atoms with Crippen molar-refractivity contribution in [1.29, 1.82) is 0 Å². The molecule has 0 aliphatic carbocycles. The van der Waals surface area contributed by atoms with Crippen LogP contribution >= 0.6 is 0 Å². The van der Waals surface area contributed by atoms with Gasteiger partial charge in [0.25, 0.3) is 0 Å². The van der Waals surface area contributed by atoms with Crippen molar-refractivity contribution in [2.24, 2.45) is 5.92 Å². The van der Waals surface area contributed by atoms with Crippen LogP contribution in [0.3, 0.4) is 0 Å². The van der Waals surface area contributed by atoms with Crippen molar-refractivity contribution in [2.45, 2.75) is 45.3 Å². The molecule has 1 amide bonds. The molecule has 1 fully saturated rings. The highest BCUT2D eigenvalue weighted by Crippen LogP contribution is 2.23. The van der Waals surface area contributed by atoms with Crippen LogP contribution in [0.5, 0.6) is 0 Å². The Balaban J connectivity index is 1.93. The first-order valence-corrected chi connectivity index (χ1v) is 9.64. The van der Waals surface area contributed by atoms with E-state index in [1.807, 2.05) is 26.8 Å². The Morgan fingerprint density at radius 1 is 1.18 bits per heavy atom. The summed E-state index contributed by atoms with van der Waals surface area (Å²) in [4.78, 5) is 38.4. The number of benzene rings is 1. The Kier molecular flexibility index (Phi) is 7.71. The van der Waals surface area contributed by atoms with E-state index in [1.165, 1.54) is 0 Å². The van der Waals surface area contributed by atoms with E-state index in [-0.39, 0.29) is 30.1 Å². The molecule has 154 valence electrons. The van der Waals surface area contributed by atoms with E-state index in [9.17, 15) is 19.5 Å². The molecular weight excluding hydrogens is 360 g/mol. The smallest absolute Gasteiger partial charge is 0.410 e. The van der Waals surface area contributed by atoms with Crippen LogP contribution < -0.4 is 5.32 Å². The van der Waals surface area contributed by atoms with Crippen LogP contribution in [0.15, 0.2) is 30.3 Å². The van der Waals surface area contributed by atoms with E-state index in [2.05, 4.69) is 5.32 Å². The van der Waals surface area contributed by atoms with Gasteiger partial charge in [0.15, 0.2) is 11.6 Å². The molecular formula is C21H30N2O5. The molecule has 0 radical (unpaired) electrons. The number of piperidine rings is 1. The van der Waals surface area contributed by atoms with Gasteiger partial charge in [-0.25, -0.2) is 4.79 Å². The molecule has 7 heteroatoms. The van der Waals surface area contributed by atoms with Crippen molar-refractivity contribution in [3.05, 3.63) is 35.9 Å². The number of hydrogen-bond donors (Lipinski definition) is 2. The van der Waals surface area contributed by atoms with Crippen LogP contribution in [-0.4, -0.2) is 65.6 Å². The first kappa shape index (κ1) is 22.0. The quantitative estimate of drug-likeness (QED) is 0.692. The first-order chi connectivity index (χ1) is 13.2. The molecule has 0 aromatic heterocycles. The van der Waals surface area contributed by atoms with E-state index < -0.39 is 18.2 Å². The van der Waals surface area contributed by atoms with Gasteiger partial charge in [0.05, 0.1) is 12.6 Å². The summed E-state index contributed by atoms with van der Waals surface area (Å²) in [7, 11) is 0. The Morgan fingerprint density at radius 3 is 2.32 bits per heavy atom. The monoisotopic (exact) mass is 390 g/mol. The van der Waals surface area contributed by atoms with Crippen molar-refractivity contribution in [2.75, 3.05) is 26.2 Å². The average Bonchev–Trinajstić information content (AvgIpc) is 2.67. The summed E-state index contributed by atoms with van der Waals surface area (Å²) in [5.74, 6) is -0.499. The fourth-order valence-corrected chi connectivity index (χ4v) is 3.31. The molecule has 0 unspecified atom stereocenters. The van der Waals surface area contributed by atoms with Crippen molar-refractivity contribution >= 4 is 17.7 Å². The molecule has 7 nitrogen and oxygen atoms in total. The molecule has 0 saturated carbocycles. The maximum atomic E-state index is 12.3. The van der Waals surface area contributed by atoms with Gasteiger partial charge in [-0.15, -0.1) is 0 Å². The highest BCUT2D eigenvalue weighted by Gasteiger charge is 2.33. The van der Waals surface area contributed by atoms with Crippen LogP contribution in [0.2, 0.25) is 0 Å². The average molecular weight is 390 g/mol. The number of nitrogens with one attached hydrogen (secondary N) is 1. The number of hydrogen-bond acceptors (Lipinski definition) is 6. The number of aliphatic hydroxyl groups excluding tert-OH is 1. The maximum absolute atomic E-state index is 12.3. The van der Waals surface area contributed by atoms with Gasteiger partial charge in [0, 0.05) is 18.7 Å². The summed E-state index contributed by atoms with van der Waals surface area (Å²) in [5, 5.41) is 12.4. The van der Waals surface area contributed by atoms with Gasteiger partial charge >= 0.3 is 6.09 Å². The predicted octanol–water partition coefficient (Wildman–Crippen LogP) is 2.04. The number of rotatable bonds is 7. The molecule has 1 heterocycles. The lowest BCUT2D eigenvalue weighted by Crippen LogP contribution is -2.51. The third-order valence-corrected chi connectivity index (χ3v) is 4.74. The molecule has 0 spiro atoms. The van der Waals surface area contributed by atoms with Gasteiger partial charge in [-0.3, -0.25) is 14.9 Å². The van der Waals surface area contributed by atoms with Crippen molar-refractivity contribution < 1.29 is 24.2 Å². The Hall–Kier alpha value is -2.25. The molecule has 1 atom stereocenters. The van der Waals surface area contributed by atoms with Crippen LogP contribution in [-0.2, 0) is 9.53 Å². The summed E-state index contributed by atoms with van der Waals surface area (Å²) in [6.45, 7) is 5.85. The summed E-state index contributed by atoms with van der Waals surface area (Å²) in [6, 6.07) is 8.25. The number of nitrogens with zero attached hydrogens (tertiary/aromatic N) is 1. The SMILES string of the molecule is CC(C)(C)OC(=O)N1CCC([C@H](NCC(=O)c2ccccc2)C(=O)CO)CC1. The fourth-order valence-electron chi connectivity index (χ4n) is 3.31. The standard InChI is InChI=1S/C21H30N2O5/c1-21(2,3)28-20(27)23-11-9-16(10-12-23)19(18(26)14-24)22-13-17(25)15-7-5-4-6-8-15/h4-8,16,19,22,24H,9-14H2,1-3H3/t19-/m0/s1. The molecule has 0 bridgehead atoms. The Morgan fingerprint density at radius 2 is 1.79 bits per heavy atom. The molecule has 2 rings (SSSR count). The molecule has 2 N–H and O–H groups in total. The minimum Gasteiger partial charge on any atom is -0.444 e. The number of amides is 1. The number of ketones is 2. The summed E-state index contributed by atoms with van der Waals surface area (Å²) < 4.78 is 5.39. The normalized spacial score (nSPS) is 16.5. The van der Waals surface area contributed by atoms with E-state index in [0.717, 1.165) is 0 Å². The largest absolute Gasteiger partial charge is 0.444 e. The second-order valence-corrected chi connectivity index (χ2v) is 8.08. The van der Waals surface area contributed by atoms with Crippen LogP contribution in [0.4, 0.5) is 4.79 Å². The lowest BCUT2D eigenvalue weighted by atomic mass is 9.87. The van der Waals surface area contributed by atoms with E-state index in [4.69, 9.17) is 4.74 Å². The van der Waals surface area contributed by atoms with Crippen molar-refractivity contribution in [1.82, 2.24) is 10.2 Å². The zero-order chi connectivity index (χ0) is 20.7. The van der Waals surface area contributed by atoms with Crippen molar-refractivity contribution in [3.63, 3.8) is 0 Å². The number of aliphatic hydroxyl groups is 1. The lowest BCUT2D eigenvalue weighted by Gasteiger charge is -2.36. The third kappa shape index (κ3) is 6.42. The predicted molar refractivity (Wildman–Crippen MR) is 105 cm³/mol. The molecule has 28 heavy (non-hydrogen) atoms. The fraction of sp³-hybridized carbons (Fsp3) is 0.571. The van der Waals surface area contributed by atoms with Gasteiger partial charge in [-0.1, -0.05) is 30.3 Å². The van der Waals surface area contributed by atoms with Crippen LogP contribution in [0.1, 0.15) is 44.0 Å². The minimum atomic E-state index is -0.613. The van der Waals surface area contributed by atoms with E-state index in [1.54, 1.807) is 29.2 Å². The van der Waals surface area contributed by atoms with Crippen LogP contribution in [0, 0.1) is 5.92 Å². The second kappa shape index (κ2) is 9.80. The van der Waals surface area contributed by atoms with Gasteiger partial charge < -0.3 is 14.7 Å². The zero-order valence-corrected chi connectivity index (χ0v) is 16.8. The molecule has 1 aliphatic rings. The highest BCUT2D eigenvalue weighted by atomic mass is 16.6. The van der Waals surface area contributed by atoms with E-state index in [0.29, 0.717) is 31.5 Å². The highest BCUT2D eigenvalue weighted by molar-refractivity contribution is 5.98. The van der Waals surface area contributed by atoms with Crippen LogP contribution in [0.25, 0.3) is 0 Å². The van der Waals surface area contributed by atoms with Gasteiger partial charge in [-0.2, -0.15) is 0 Å². The topological polar surface area (TPSA) is 95.9 Å². The first-order valence-electron chi connectivity index (χ1n) is 9.64. The summed E-state index contributed by atoms with van der Waals surface area (Å²) in [6.07, 6.45) is 0.841. The number of Topliss-reactive ketones (excluding diaryl/α,β-unsaturated/α-hetero) is 2. The molecule has 1 saturated heterocycles. The van der Waals surface area contributed by atoms with Gasteiger partial charge in [0.2, 0.25) is 0 Å². The molecule has 1 aliphatic heterocycles. The Labute approximate surface area is 166 Å². The van der Waals surface area contributed by atoms with Crippen molar-refractivity contribution in [3.8, 4) is 0 Å². The minimum absolute atomic E-state index is 0.0205.